The molecule has 13 heavy (non-hydrogen) atoms. The number of hydrogen-bond donors (Lipinski definition) is 2. The van der Waals surface area contributed by atoms with Crippen molar-refractivity contribution in [1.82, 2.24) is 0 Å². The highest BCUT2D eigenvalue weighted by Gasteiger charge is 2.16. The quantitative estimate of drug-likeness (QED) is 0.634. The van der Waals surface area contributed by atoms with E-state index in [1.165, 1.54) is 25.7 Å². The lowest BCUT2D eigenvalue weighted by Crippen LogP contribution is -2.40. The van der Waals surface area contributed by atoms with Crippen LogP contribution in [0.25, 0.3) is 0 Å². The molecule has 0 aromatic rings. The van der Waals surface area contributed by atoms with Gasteiger partial charge in [-0.3, -0.25) is 4.79 Å². The molecule has 0 aromatic carbocycles. The minimum absolute atomic E-state index is 0.256. The van der Waals surface area contributed by atoms with Gasteiger partial charge in [0.2, 0.25) is 5.91 Å². The van der Waals surface area contributed by atoms with Gasteiger partial charge in [0.25, 0.3) is 0 Å². The van der Waals surface area contributed by atoms with E-state index in [1.807, 2.05) is 0 Å². The van der Waals surface area contributed by atoms with Crippen molar-refractivity contribution in [2.75, 3.05) is 13.2 Å². The summed E-state index contributed by atoms with van der Waals surface area (Å²) in [4.78, 5) is 10.5. The summed E-state index contributed by atoms with van der Waals surface area (Å²) in [6.07, 6.45) is 5.09. The summed E-state index contributed by atoms with van der Waals surface area (Å²) >= 11 is 0. The molecular weight excluding hydrogens is 168 g/mol. The Morgan fingerprint density at radius 2 is 2.08 bits per heavy atom. The minimum Gasteiger partial charge on any atom is -0.379 e. The standard InChI is InChI=1S/C9H18N2O2/c10-8(9(11)12)6-13-5-7-3-1-2-4-7/h7-8H,1-6,10H2,(H2,11,12). The van der Waals surface area contributed by atoms with Crippen molar-refractivity contribution in [2.24, 2.45) is 17.4 Å². The van der Waals surface area contributed by atoms with Gasteiger partial charge < -0.3 is 16.2 Å². The van der Waals surface area contributed by atoms with Crippen molar-refractivity contribution < 1.29 is 9.53 Å². The van der Waals surface area contributed by atoms with E-state index in [9.17, 15) is 4.79 Å². The monoisotopic (exact) mass is 186 g/mol. The topological polar surface area (TPSA) is 78.3 Å². The van der Waals surface area contributed by atoms with E-state index in [2.05, 4.69) is 0 Å². The largest absolute Gasteiger partial charge is 0.379 e. The lowest BCUT2D eigenvalue weighted by Gasteiger charge is -2.12. The second kappa shape index (κ2) is 5.19. The second-order valence-electron chi connectivity index (χ2n) is 3.70. The van der Waals surface area contributed by atoms with Crippen LogP contribution in [0.2, 0.25) is 0 Å². The summed E-state index contributed by atoms with van der Waals surface area (Å²) in [6, 6.07) is -0.651. The van der Waals surface area contributed by atoms with Crippen LogP contribution < -0.4 is 11.5 Å². The van der Waals surface area contributed by atoms with E-state index in [0.29, 0.717) is 5.92 Å². The summed E-state index contributed by atoms with van der Waals surface area (Å²) in [7, 11) is 0. The molecule has 1 fully saturated rings. The molecule has 0 bridgehead atoms. The van der Waals surface area contributed by atoms with Crippen molar-refractivity contribution >= 4 is 5.91 Å². The van der Waals surface area contributed by atoms with Crippen LogP contribution in [0.3, 0.4) is 0 Å². The van der Waals surface area contributed by atoms with Gasteiger partial charge in [0.05, 0.1) is 6.61 Å². The Kier molecular flexibility index (Phi) is 4.18. The smallest absolute Gasteiger partial charge is 0.236 e. The van der Waals surface area contributed by atoms with Gasteiger partial charge >= 0.3 is 0 Å². The lowest BCUT2D eigenvalue weighted by atomic mass is 10.1. The second-order valence-corrected chi connectivity index (χ2v) is 3.70. The Morgan fingerprint density at radius 3 is 2.62 bits per heavy atom. The van der Waals surface area contributed by atoms with Crippen molar-refractivity contribution in [2.45, 2.75) is 31.7 Å². The molecule has 0 radical (unpaired) electrons. The molecule has 1 rings (SSSR count). The normalized spacial score (nSPS) is 20.4. The zero-order chi connectivity index (χ0) is 9.68. The highest BCUT2D eigenvalue weighted by Crippen LogP contribution is 2.24. The molecule has 1 atom stereocenters. The molecule has 4 nitrogen and oxygen atoms in total. The third-order valence-electron chi connectivity index (χ3n) is 2.49. The lowest BCUT2D eigenvalue weighted by molar-refractivity contribution is -0.120. The van der Waals surface area contributed by atoms with E-state index in [-0.39, 0.29) is 6.61 Å². The number of hydrogen-bond acceptors (Lipinski definition) is 3. The molecule has 76 valence electrons. The maximum absolute atomic E-state index is 10.5. The van der Waals surface area contributed by atoms with Gasteiger partial charge in [-0.15, -0.1) is 0 Å². The van der Waals surface area contributed by atoms with Gasteiger partial charge in [0.1, 0.15) is 6.04 Å². The number of rotatable bonds is 5. The SMILES string of the molecule is NC(=O)C(N)COCC1CCCC1. The molecule has 0 heterocycles. The van der Waals surface area contributed by atoms with Crippen molar-refractivity contribution in [3.63, 3.8) is 0 Å². The first-order valence-electron chi connectivity index (χ1n) is 4.83. The zero-order valence-electron chi connectivity index (χ0n) is 7.87. The number of carbonyl (C=O) groups is 1. The summed E-state index contributed by atoms with van der Waals surface area (Å²) in [5.74, 6) is 0.173. The summed E-state index contributed by atoms with van der Waals surface area (Å²) in [5.41, 5.74) is 10.4. The zero-order valence-corrected chi connectivity index (χ0v) is 7.87. The van der Waals surface area contributed by atoms with Crippen LogP contribution in [0.15, 0.2) is 0 Å². The van der Waals surface area contributed by atoms with Crippen LogP contribution in [0.4, 0.5) is 0 Å². The van der Waals surface area contributed by atoms with Crippen LogP contribution in [0.1, 0.15) is 25.7 Å². The van der Waals surface area contributed by atoms with E-state index < -0.39 is 11.9 Å². The fourth-order valence-corrected chi connectivity index (χ4v) is 1.62. The number of primary amides is 1. The number of amides is 1. The van der Waals surface area contributed by atoms with Crippen LogP contribution in [-0.2, 0) is 9.53 Å². The highest BCUT2D eigenvalue weighted by molar-refractivity contribution is 5.79. The summed E-state index contributed by atoms with van der Waals surface area (Å²) in [5, 5.41) is 0. The Morgan fingerprint density at radius 1 is 1.46 bits per heavy atom. The van der Waals surface area contributed by atoms with Gasteiger partial charge in [0.15, 0.2) is 0 Å². The Bertz CT molecular complexity index is 167. The summed E-state index contributed by atoms with van der Waals surface area (Å²) < 4.78 is 5.31. The van der Waals surface area contributed by atoms with E-state index in [4.69, 9.17) is 16.2 Å². The number of ether oxygens (including phenoxy) is 1. The van der Waals surface area contributed by atoms with Gasteiger partial charge in [-0.25, -0.2) is 0 Å². The van der Waals surface area contributed by atoms with E-state index in [0.717, 1.165) is 6.61 Å². The van der Waals surface area contributed by atoms with Crippen molar-refractivity contribution in [3.8, 4) is 0 Å². The molecule has 4 N–H and O–H groups in total. The predicted octanol–water partition coefficient (Wildman–Crippen LogP) is 0.00580. The molecule has 1 aliphatic carbocycles. The molecule has 1 unspecified atom stereocenters. The Balaban J connectivity index is 2.02. The van der Waals surface area contributed by atoms with Crippen LogP contribution in [0, 0.1) is 5.92 Å². The maximum atomic E-state index is 10.5. The van der Waals surface area contributed by atoms with Crippen LogP contribution in [0.5, 0.6) is 0 Å². The Labute approximate surface area is 78.6 Å². The van der Waals surface area contributed by atoms with Crippen LogP contribution in [-0.4, -0.2) is 25.2 Å². The first-order chi connectivity index (χ1) is 6.20. The average Bonchev–Trinajstić information content (AvgIpc) is 2.56. The highest BCUT2D eigenvalue weighted by atomic mass is 16.5. The molecule has 0 spiro atoms. The third-order valence-corrected chi connectivity index (χ3v) is 2.49. The summed E-state index contributed by atoms with van der Waals surface area (Å²) in [6.45, 7) is 0.979. The fourth-order valence-electron chi connectivity index (χ4n) is 1.62. The average molecular weight is 186 g/mol. The molecule has 1 saturated carbocycles. The fraction of sp³-hybridized carbons (Fsp3) is 0.889. The molecular formula is C9H18N2O2. The molecule has 0 aliphatic heterocycles. The Hall–Kier alpha value is -0.610. The van der Waals surface area contributed by atoms with E-state index >= 15 is 0 Å². The van der Waals surface area contributed by atoms with Gasteiger partial charge in [-0.05, 0) is 18.8 Å². The minimum atomic E-state index is -0.651. The number of nitrogens with two attached hydrogens (primary N) is 2. The maximum Gasteiger partial charge on any atom is 0.236 e. The predicted molar refractivity (Wildman–Crippen MR) is 49.9 cm³/mol. The van der Waals surface area contributed by atoms with Crippen LogP contribution >= 0.6 is 0 Å². The third kappa shape index (κ3) is 3.74. The molecule has 1 aliphatic rings. The molecule has 1 amide bonds. The molecule has 0 saturated heterocycles. The first kappa shape index (κ1) is 10.5. The van der Waals surface area contributed by atoms with Gasteiger partial charge in [-0.1, -0.05) is 12.8 Å². The molecule has 0 aromatic heterocycles. The van der Waals surface area contributed by atoms with Gasteiger partial charge in [-0.2, -0.15) is 0 Å². The first-order valence-corrected chi connectivity index (χ1v) is 4.83. The van der Waals surface area contributed by atoms with Crippen molar-refractivity contribution in [3.05, 3.63) is 0 Å². The van der Waals surface area contributed by atoms with Gasteiger partial charge in [0, 0.05) is 6.61 Å². The molecule has 4 heteroatoms. The van der Waals surface area contributed by atoms with E-state index in [1.54, 1.807) is 0 Å². The van der Waals surface area contributed by atoms with Crippen molar-refractivity contribution in [1.29, 1.82) is 0 Å². The number of carbonyl (C=O) groups excluding carboxylic acids is 1.